The van der Waals surface area contributed by atoms with Gasteiger partial charge >= 0.3 is 0 Å². The number of hydrogen-bond acceptors (Lipinski definition) is 4. The maximum Gasteiger partial charge on any atom is 0.188 e. The second kappa shape index (κ2) is 6.62. The summed E-state index contributed by atoms with van der Waals surface area (Å²) in [4.78, 5) is 5.93. The van der Waals surface area contributed by atoms with Gasteiger partial charge in [0, 0.05) is 10.4 Å². The van der Waals surface area contributed by atoms with E-state index in [0.29, 0.717) is 6.61 Å². The number of aryl methyl sites for hydroxylation is 1. The molecule has 22 heavy (non-hydrogen) atoms. The quantitative estimate of drug-likeness (QED) is 0.698. The summed E-state index contributed by atoms with van der Waals surface area (Å²) in [6.45, 7) is 4.72. The van der Waals surface area contributed by atoms with Crippen LogP contribution in [0.2, 0.25) is 0 Å². The van der Waals surface area contributed by atoms with Crippen molar-refractivity contribution in [2.75, 3.05) is 11.9 Å². The van der Waals surface area contributed by atoms with E-state index in [4.69, 9.17) is 9.72 Å². The largest absolute Gasteiger partial charge is 0.492 e. The molecule has 0 aliphatic rings. The molecule has 3 rings (SSSR count). The molecule has 0 saturated carbocycles. The van der Waals surface area contributed by atoms with E-state index in [1.807, 2.05) is 49.4 Å². The minimum atomic E-state index is 0.644. The minimum Gasteiger partial charge on any atom is -0.492 e. The average Bonchev–Trinajstić information content (AvgIpc) is 2.91. The second-order valence-corrected chi connectivity index (χ2v) is 6.05. The number of hydrogen-bond donors (Lipinski definition) is 1. The number of nitrogens with zero attached hydrogens (tertiary/aromatic N) is 1. The fraction of sp³-hybridized carbons (Fsp3) is 0.167. The highest BCUT2D eigenvalue weighted by Crippen LogP contribution is 2.34. The van der Waals surface area contributed by atoms with Crippen LogP contribution in [-0.2, 0) is 0 Å². The predicted octanol–water partition coefficient (Wildman–Crippen LogP) is 5.26. The van der Waals surface area contributed by atoms with Crippen molar-refractivity contribution in [3.63, 3.8) is 0 Å². The molecule has 1 aromatic heterocycles. The molecule has 3 aromatic rings. The fourth-order valence-electron chi connectivity index (χ4n) is 2.28. The Morgan fingerprint density at radius 2 is 1.77 bits per heavy atom. The molecule has 0 aliphatic carbocycles. The van der Waals surface area contributed by atoms with E-state index in [9.17, 15) is 0 Å². The van der Waals surface area contributed by atoms with E-state index in [-0.39, 0.29) is 0 Å². The van der Waals surface area contributed by atoms with Crippen molar-refractivity contribution in [3.8, 4) is 17.0 Å². The molecule has 2 aromatic carbocycles. The molecular weight excluding hydrogens is 292 g/mol. The molecular formula is C18H18N2OS. The Labute approximate surface area is 134 Å². The van der Waals surface area contributed by atoms with E-state index >= 15 is 0 Å². The highest BCUT2D eigenvalue weighted by Gasteiger charge is 2.11. The molecule has 0 spiro atoms. The van der Waals surface area contributed by atoms with Crippen molar-refractivity contribution in [2.45, 2.75) is 13.8 Å². The van der Waals surface area contributed by atoms with Gasteiger partial charge in [-0.2, -0.15) is 0 Å². The highest BCUT2D eigenvalue weighted by atomic mass is 32.1. The standard InChI is InChI=1S/C18H18N2OS/c1-3-21-16-12-8-7-11-15(16)19-18-20-17(13(2)22-18)14-9-5-4-6-10-14/h4-12H,3H2,1-2H3,(H,19,20). The monoisotopic (exact) mass is 310 g/mol. The Kier molecular flexibility index (Phi) is 4.39. The lowest BCUT2D eigenvalue weighted by Gasteiger charge is -2.09. The molecule has 4 heteroatoms. The summed E-state index contributed by atoms with van der Waals surface area (Å²) in [7, 11) is 0. The molecule has 112 valence electrons. The van der Waals surface area contributed by atoms with Gasteiger partial charge in [-0.3, -0.25) is 0 Å². The number of aromatic nitrogens is 1. The number of ether oxygens (including phenoxy) is 1. The SMILES string of the molecule is CCOc1ccccc1Nc1nc(-c2ccccc2)c(C)s1. The molecule has 1 heterocycles. The summed E-state index contributed by atoms with van der Waals surface area (Å²) in [5.41, 5.74) is 3.11. The van der Waals surface area contributed by atoms with Gasteiger partial charge in [-0.15, -0.1) is 11.3 Å². The molecule has 0 radical (unpaired) electrons. The van der Waals surface area contributed by atoms with Gasteiger partial charge in [-0.25, -0.2) is 4.98 Å². The first-order chi connectivity index (χ1) is 10.8. The van der Waals surface area contributed by atoms with Crippen molar-refractivity contribution in [3.05, 3.63) is 59.5 Å². The van der Waals surface area contributed by atoms with Crippen molar-refractivity contribution < 1.29 is 4.74 Å². The van der Waals surface area contributed by atoms with Gasteiger partial charge in [0.15, 0.2) is 5.13 Å². The molecule has 0 aliphatic heterocycles. The summed E-state index contributed by atoms with van der Waals surface area (Å²) in [5, 5.41) is 4.25. The predicted molar refractivity (Wildman–Crippen MR) is 93.2 cm³/mol. The minimum absolute atomic E-state index is 0.644. The number of rotatable bonds is 5. The molecule has 1 N–H and O–H groups in total. The van der Waals surface area contributed by atoms with E-state index in [1.54, 1.807) is 11.3 Å². The molecule has 0 unspecified atom stereocenters. The van der Waals surface area contributed by atoms with Gasteiger partial charge in [0.1, 0.15) is 5.75 Å². The summed E-state index contributed by atoms with van der Waals surface area (Å²) in [5.74, 6) is 0.846. The maximum absolute atomic E-state index is 5.65. The van der Waals surface area contributed by atoms with Crippen molar-refractivity contribution >= 4 is 22.2 Å². The normalized spacial score (nSPS) is 10.5. The Hall–Kier alpha value is -2.33. The lowest BCUT2D eigenvalue weighted by molar-refractivity contribution is 0.342. The van der Waals surface area contributed by atoms with Crippen LogP contribution in [0.4, 0.5) is 10.8 Å². The molecule has 0 atom stereocenters. The summed E-state index contributed by atoms with van der Waals surface area (Å²) >= 11 is 1.65. The van der Waals surface area contributed by atoms with Crippen LogP contribution in [0.25, 0.3) is 11.3 Å². The van der Waals surface area contributed by atoms with E-state index in [2.05, 4.69) is 24.4 Å². The molecule has 0 saturated heterocycles. The first kappa shape index (κ1) is 14.6. The lowest BCUT2D eigenvalue weighted by atomic mass is 10.1. The van der Waals surface area contributed by atoms with Crippen LogP contribution >= 0.6 is 11.3 Å². The van der Waals surface area contributed by atoms with Crippen molar-refractivity contribution in [2.24, 2.45) is 0 Å². The molecule has 3 nitrogen and oxygen atoms in total. The van der Waals surface area contributed by atoms with Gasteiger partial charge in [0.25, 0.3) is 0 Å². The summed E-state index contributed by atoms with van der Waals surface area (Å²) < 4.78 is 5.65. The van der Waals surface area contributed by atoms with Crippen LogP contribution in [0, 0.1) is 6.92 Å². The number of anilines is 2. The number of nitrogens with one attached hydrogen (secondary N) is 1. The number of thiazole rings is 1. The van der Waals surface area contributed by atoms with Crippen LogP contribution in [0.5, 0.6) is 5.75 Å². The molecule has 0 bridgehead atoms. The van der Waals surface area contributed by atoms with Gasteiger partial charge in [-0.1, -0.05) is 42.5 Å². The van der Waals surface area contributed by atoms with Gasteiger partial charge in [0.05, 0.1) is 18.0 Å². The van der Waals surface area contributed by atoms with Crippen molar-refractivity contribution in [1.29, 1.82) is 0 Å². The maximum atomic E-state index is 5.65. The van der Waals surface area contributed by atoms with E-state index in [0.717, 1.165) is 27.8 Å². The van der Waals surface area contributed by atoms with Crippen molar-refractivity contribution in [1.82, 2.24) is 4.98 Å². The van der Waals surface area contributed by atoms with Crippen LogP contribution < -0.4 is 10.1 Å². The van der Waals surface area contributed by atoms with E-state index in [1.165, 1.54) is 4.88 Å². The number of para-hydroxylation sites is 2. The molecule has 0 amide bonds. The Morgan fingerprint density at radius 3 is 2.55 bits per heavy atom. The third-order valence-electron chi connectivity index (χ3n) is 3.27. The first-order valence-electron chi connectivity index (χ1n) is 7.29. The smallest absolute Gasteiger partial charge is 0.188 e. The van der Waals surface area contributed by atoms with Crippen LogP contribution in [-0.4, -0.2) is 11.6 Å². The van der Waals surface area contributed by atoms with Crippen LogP contribution in [0.15, 0.2) is 54.6 Å². The third kappa shape index (κ3) is 3.12. The van der Waals surface area contributed by atoms with Crippen LogP contribution in [0.3, 0.4) is 0 Å². The Bertz CT molecular complexity index is 753. The Balaban J connectivity index is 1.89. The number of benzene rings is 2. The van der Waals surface area contributed by atoms with Gasteiger partial charge < -0.3 is 10.1 Å². The summed E-state index contributed by atoms with van der Waals surface area (Å²) in [6.07, 6.45) is 0. The second-order valence-electron chi connectivity index (χ2n) is 4.84. The fourth-order valence-corrected chi connectivity index (χ4v) is 3.13. The average molecular weight is 310 g/mol. The third-order valence-corrected chi connectivity index (χ3v) is 4.16. The Morgan fingerprint density at radius 1 is 1.05 bits per heavy atom. The zero-order chi connectivity index (χ0) is 15.4. The highest BCUT2D eigenvalue weighted by molar-refractivity contribution is 7.16. The van der Waals surface area contributed by atoms with Crippen LogP contribution in [0.1, 0.15) is 11.8 Å². The van der Waals surface area contributed by atoms with E-state index < -0.39 is 0 Å². The van der Waals surface area contributed by atoms with Gasteiger partial charge in [-0.05, 0) is 26.0 Å². The molecule has 0 fully saturated rings. The zero-order valence-corrected chi connectivity index (χ0v) is 13.5. The topological polar surface area (TPSA) is 34.1 Å². The lowest BCUT2D eigenvalue weighted by Crippen LogP contribution is -1.97. The zero-order valence-electron chi connectivity index (χ0n) is 12.7. The first-order valence-corrected chi connectivity index (χ1v) is 8.11. The summed E-state index contributed by atoms with van der Waals surface area (Å²) in [6, 6.07) is 18.2. The van der Waals surface area contributed by atoms with Gasteiger partial charge in [0.2, 0.25) is 0 Å².